The molecule has 0 aliphatic carbocycles. The lowest BCUT2D eigenvalue weighted by molar-refractivity contribution is 0.301. The maximum Gasteiger partial charge on any atom is 0.209 e. The zero-order chi connectivity index (χ0) is 15.4. The fraction of sp³-hybridized carbons (Fsp3) is 0.600. The molecule has 0 unspecified atom stereocenters. The Morgan fingerprint density at radius 3 is 2.40 bits per heavy atom. The Balaban J connectivity index is 2.60. The summed E-state index contributed by atoms with van der Waals surface area (Å²) in [5.41, 5.74) is 2.39. The largest absolute Gasteiger partial charge is 0.493 e. The summed E-state index contributed by atoms with van der Waals surface area (Å²) in [4.78, 5) is 0. The van der Waals surface area contributed by atoms with Crippen LogP contribution >= 0.6 is 0 Å². The van der Waals surface area contributed by atoms with E-state index in [1.165, 1.54) is 11.1 Å². The third kappa shape index (κ3) is 5.92. The molecular weight excluding hydrogens is 274 g/mol. The molecule has 0 fully saturated rings. The first kappa shape index (κ1) is 17.0. The number of benzene rings is 1. The van der Waals surface area contributed by atoms with Crippen LogP contribution in [0.25, 0.3) is 0 Å². The average molecular weight is 299 g/mol. The maximum atomic E-state index is 10.8. The molecule has 0 heterocycles. The van der Waals surface area contributed by atoms with Crippen molar-refractivity contribution >= 4 is 10.0 Å². The van der Waals surface area contributed by atoms with Gasteiger partial charge in [0.25, 0.3) is 0 Å². The van der Waals surface area contributed by atoms with E-state index in [0.717, 1.165) is 5.75 Å². The predicted molar refractivity (Wildman–Crippen MR) is 82.6 cm³/mol. The van der Waals surface area contributed by atoms with Gasteiger partial charge in [0.05, 0.1) is 12.4 Å². The number of aryl methyl sites for hydroxylation is 1. The quantitative estimate of drug-likeness (QED) is 0.821. The molecule has 0 radical (unpaired) electrons. The summed E-state index contributed by atoms with van der Waals surface area (Å²) >= 11 is 0. The van der Waals surface area contributed by atoms with Crippen molar-refractivity contribution in [2.75, 3.05) is 12.4 Å². The summed E-state index contributed by atoms with van der Waals surface area (Å²) in [6, 6.07) is 6.14. The summed E-state index contributed by atoms with van der Waals surface area (Å²) in [6.07, 6.45) is 1.20. The zero-order valence-electron chi connectivity index (χ0n) is 12.8. The highest BCUT2D eigenvalue weighted by molar-refractivity contribution is 7.89. The molecule has 0 bridgehead atoms. The summed E-state index contributed by atoms with van der Waals surface area (Å²) in [6.45, 7) is 9.01. The van der Waals surface area contributed by atoms with Gasteiger partial charge in [-0.1, -0.05) is 38.5 Å². The van der Waals surface area contributed by atoms with Gasteiger partial charge in [-0.3, -0.25) is 0 Å². The highest BCUT2D eigenvalue weighted by Gasteiger charge is 2.19. The van der Waals surface area contributed by atoms with E-state index in [-0.39, 0.29) is 11.2 Å². The fourth-order valence-corrected chi connectivity index (χ4v) is 2.55. The van der Waals surface area contributed by atoms with Gasteiger partial charge in [0.2, 0.25) is 10.0 Å². The van der Waals surface area contributed by atoms with Gasteiger partial charge >= 0.3 is 0 Å². The number of primary sulfonamides is 1. The smallest absolute Gasteiger partial charge is 0.209 e. The van der Waals surface area contributed by atoms with E-state index in [4.69, 9.17) is 9.88 Å². The van der Waals surface area contributed by atoms with Crippen molar-refractivity contribution in [2.24, 2.45) is 5.14 Å². The minimum atomic E-state index is -3.36. The van der Waals surface area contributed by atoms with E-state index < -0.39 is 10.0 Å². The summed E-state index contributed by atoms with van der Waals surface area (Å²) in [5.74, 6) is 0.884. The SMILES string of the molecule is Cc1ccc(OCCCCS(N)(=O)=O)c(C(C)(C)C)c1. The van der Waals surface area contributed by atoms with Crippen LogP contribution in [0.3, 0.4) is 0 Å². The number of rotatable bonds is 6. The Morgan fingerprint density at radius 1 is 1.20 bits per heavy atom. The van der Waals surface area contributed by atoms with Crippen LogP contribution < -0.4 is 9.88 Å². The number of hydrogen-bond donors (Lipinski definition) is 1. The monoisotopic (exact) mass is 299 g/mol. The molecule has 20 heavy (non-hydrogen) atoms. The number of nitrogens with two attached hydrogens (primary N) is 1. The van der Waals surface area contributed by atoms with Crippen LogP contribution in [0.4, 0.5) is 0 Å². The normalized spacial score (nSPS) is 12.4. The van der Waals surface area contributed by atoms with Crippen molar-refractivity contribution in [1.82, 2.24) is 0 Å². The second kappa shape index (κ2) is 6.59. The molecule has 0 aliphatic heterocycles. The van der Waals surface area contributed by atoms with Crippen LogP contribution in [-0.4, -0.2) is 20.8 Å². The minimum absolute atomic E-state index is 0.0103. The number of ether oxygens (including phenoxy) is 1. The van der Waals surface area contributed by atoms with Gasteiger partial charge in [-0.2, -0.15) is 0 Å². The van der Waals surface area contributed by atoms with E-state index >= 15 is 0 Å². The molecule has 0 spiro atoms. The van der Waals surface area contributed by atoms with E-state index in [2.05, 4.69) is 33.8 Å². The third-order valence-corrected chi connectivity index (χ3v) is 3.88. The molecule has 1 aromatic carbocycles. The topological polar surface area (TPSA) is 69.4 Å². The lowest BCUT2D eigenvalue weighted by atomic mass is 9.85. The van der Waals surface area contributed by atoms with Crippen molar-refractivity contribution in [3.05, 3.63) is 29.3 Å². The molecular formula is C15H25NO3S. The summed E-state index contributed by atoms with van der Waals surface area (Å²) in [5, 5.41) is 4.96. The predicted octanol–water partition coefficient (Wildman–Crippen LogP) is 2.74. The molecule has 2 N–H and O–H groups in total. The van der Waals surface area contributed by atoms with Gasteiger partial charge in [0.1, 0.15) is 5.75 Å². The van der Waals surface area contributed by atoms with E-state index in [0.29, 0.717) is 19.4 Å². The molecule has 5 heteroatoms. The zero-order valence-corrected chi connectivity index (χ0v) is 13.6. The molecule has 1 rings (SSSR count). The molecule has 0 saturated carbocycles. The van der Waals surface area contributed by atoms with Crippen molar-refractivity contribution < 1.29 is 13.2 Å². The first-order valence-electron chi connectivity index (χ1n) is 6.84. The molecule has 0 aromatic heterocycles. The van der Waals surface area contributed by atoms with Crippen LogP contribution in [0.2, 0.25) is 0 Å². The third-order valence-electron chi connectivity index (χ3n) is 3.02. The van der Waals surface area contributed by atoms with Crippen molar-refractivity contribution in [1.29, 1.82) is 0 Å². The lowest BCUT2D eigenvalue weighted by Crippen LogP contribution is -2.17. The van der Waals surface area contributed by atoms with E-state index in [9.17, 15) is 8.42 Å². The Bertz CT molecular complexity index is 545. The van der Waals surface area contributed by atoms with Crippen molar-refractivity contribution in [2.45, 2.75) is 46.0 Å². The lowest BCUT2D eigenvalue weighted by Gasteiger charge is -2.23. The van der Waals surface area contributed by atoms with Gasteiger partial charge in [0, 0.05) is 0 Å². The second-order valence-electron chi connectivity index (χ2n) is 6.17. The summed E-state index contributed by atoms with van der Waals surface area (Å²) < 4.78 is 27.4. The highest BCUT2D eigenvalue weighted by Crippen LogP contribution is 2.32. The van der Waals surface area contributed by atoms with Crippen LogP contribution in [0.1, 0.15) is 44.7 Å². The Morgan fingerprint density at radius 2 is 1.85 bits per heavy atom. The Labute approximate surface area is 122 Å². The van der Waals surface area contributed by atoms with E-state index in [1.807, 2.05) is 12.1 Å². The Hall–Kier alpha value is -1.07. The van der Waals surface area contributed by atoms with Crippen molar-refractivity contribution in [3.63, 3.8) is 0 Å². The average Bonchev–Trinajstić information content (AvgIpc) is 2.27. The Kier molecular flexibility index (Phi) is 5.59. The highest BCUT2D eigenvalue weighted by atomic mass is 32.2. The van der Waals surface area contributed by atoms with Gasteiger partial charge in [-0.25, -0.2) is 13.6 Å². The first-order valence-corrected chi connectivity index (χ1v) is 8.55. The maximum absolute atomic E-state index is 10.8. The second-order valence-corrected chi connectivity index (χ2v) is 7.91. The van der Waals surface area contributed by atoms with E-state index in [1.54, 1.807) is 0 Å². The number of sulfonamides is 1. The molecule has 0 saturated heterocycles. The van der Waals surface area contributed by atoms with Crippen LogP contribution in [0.5, 0.6) is 5.75 Å². The van der Waals surface area contributed by atoms with Crippen LogP contribution in [-0.2, 0) is 15.4 Å². The minimum Gasteiger partial charge on any atom is -0.493 e. The molecule has 0 aliphatic rings. The van der Waals surface area contributed by atoms with Gasteiger partial charge in [-0.05, 0) is 36.8 Å². The molecule has 1 aromatic rings. The number of unbranched alkanes of at least 4 members (excludes halogenated alkanes) is 1. The van der Waals surface area contributed by atoms with Gasteiger partial charge in [0.15, 0.2) is 0 Å². The summed E-state index contributed by atoms with van der Waals surface area (Å²) in [7, 11) is -3.36. The molecule has 0 amide bonds. The number of hydrogen-bond acceptors (Lipinski definition) is 3. The standard InChI is InChI=1S/C15H25NO3S/c1-12-7-8-14(13(11-12)15(2,3)4)19-9-5-6-10-20(16,17)18/h7-8,11H,5-6,9-10H2,1-4H3,(H2,16,17,18). The van der Waals surface area contributed by atoms with Crippen LogP contribution in [0, 0.1) is 6.92 Å². The van der Waals surface area contributed by atoms with Crippen LogP contribution in [0.15, 0.2) is 18.2 Å². The molecule has 0 atom stereocenters. The van der Waals surface area contributed by atoms with Crippen molar-refractivity contribution in [3.8, 4) is 5.75 Å². The molecule has 4 nitrogen and oxygen atoms in total. The molecule has 114 valence electrons. The first-order chi connectivity index (χ1) is 9.09. The van der Waals surface area contributed by atoms with Gasteiger partial charge in [-0.15, -0.1) is 0 Å². The van der Waals surface area contributed by atoms with Gasteiger partial charge < -0.3 is 4.74 Å². The fourth-order valence-electron chi connectivity index (χ4n) is 1.94.